The third kappa shape index (κ3) is 4.74. The van der Waals surface area contributed by atoms with E-state index in [1.54, 1.807) is 0 Å². The van der Waals surface area contributed by atoms with Gasteiger partial charge in [0.25, 0.3) is 0 Å². The van der Waals surface area contributed by atoms with Crippen molar-refractivity contribution < 1.29 is 4.79 Å². The van der Waals surface area contributed by atoms with Crippen LogP contribution in [0.4, 0.5) is 10.5 Å². The molecule has 1 atom stereocenters. The number of hydrogen-bond acceptors (Lipinski definition) is 1. The zero-order chi connectivity index (χ0) is 24.5. The Labute approximate surface area is 210 Å². The Bertz CT molecular complexity index is 1210. The van der Waals surface area contributed by atoms with Gasteiger partial charge in [-0.2, -0.15) is 0 Å². The van der Waals surface area contributed by atoms with Crippen molar-refractivity contribution in [3.63, 3.8) is 0 Å². The molecular formula is C32H38N2O. The number of fused-ring (bicyclic) bond motifs is 3. The lowest BCUT2D eigenvalue weighted by atomic mass is 9.97. The van der Waals surface area contributed by atoms with E-state index in [2.05, 4.69) is 92.5 Å². The van der Waals surface area contributed by atoms with Gasteiger partial charge in [-0.3, -0.25) is 0 Å². The van der Waals surface area contributed by atoms with Gasteiger partial charge in [0.1, 0.15) is 0 Å². The van der Waals surface area contributed by atoms with Gasteiger partial charge < -0.3 is 10.2 Å². The van der Waals surface area contributed by atoms with Crippen LogP contribution in [0.25, 0.3) is 11.1 Å². The molecule has 0 aliphatic heterocycles. The van der Waals surface area contributed by atoms with Crippen molar-refractivity contribution in [3.8, 4) is 11.1 Å². The summed E-state index contributed by atoms with van der Waals surface area (Å²) in [7, 11) is 0. The molecule has 2 amide bonds. The predicted molar refractivity (Wildman–Crippen MR) is 146 cm³/mol. The Hall–Kier alpha value is -3.07. The predicted octanol–water partition coefficient (Wildman–Crippen LogP) is 8.50. The number of carbonyl (C=O) groups is 1. The molecule has 3 nitrogen and oxygen atoms in total. The third-order valence-electron chi connectivity index (χ3n) is 8.08. The average molecular weight is 467 g/mol. The second-order valence-corrected chi connectivity index (χ2v) is 10.7. The average Bonchev–Trinajstić information content (AvgIpc) is 2.99. The van der Waals surface area contributed by atoms with Gasteiger partial charge in [-0.1, -0.05) is 85.8 Å². The number of anilines is 1. The first kappa shape index (κ1) is 23.7. The molecule has 0 bridgehead atoms. The summed E-state index contributed by atoms with van der Waals surface area (Å²) in [5.74, 6) is 0. The van der Waals surface area contributed by atoms with Crippen LogP contribution in [0.5, 0.6) is 0 Å². The fourth-order valence-corrected chi connectivity index (χ4v) is 6.33. The van der Waals surface area contributed by atoms with E-state index in [1.807, 2.05) is 0 Å². The molecule has 35 heavy (non-hydrogen) atoms. The number of carbonyl (C=O) groups excluding carboxylic acids is 1. The molecule has 3 heteroatoms. The SMILES string of the molecule is Cc1cc(C)c(NC(=O)N(C2CCCCCC2)C(C)c2ccc3c(c2)Cc2ccccc2-3)c(C)c1. The van der Waals surface area contributed by atoms with Crippen LogP contribution in [-0.4, -0.2) is 17.0 Å². The Kier molecular flexibility index (Phi) is 6.69. The number of amides is 2. The Morgan fingerprint density at radius 3 is 2.23 bits per heavy atom. The maximum atomic E-state index is 14.0. The highest BCUT2D eigenvalue weighted by Gasteiger charge is 2.31. The standard InChI is InChI=1S/C32H38N2O/c1-21-17-22(2)31(23(3)18-21)33-32(35)34(28-12-7-5-6-8-13-28)24(4)25-15-16-30-27(19-25)20-26-11-9-10-14-29(26)30/h9-11,14-19,24,28H,5-8,12-13,20H2,1-4H3,(H,33,35). The summed E-state index contributed by atoms with van der Waals surface area (Å²) in [4.78, 5) is 16.1. The van der Waals surface area contributed by atoms with Crippen molar-refractivity contribution in [2.24, 2.45) is 0 Å². The van der Waals surface area contributed by atoms with Gasteiger partial charge in [-0.05, 0) is 85.9 Å². The lowest BCUT2D eigenvalue weighted by Crippen LogP contribution is -2.44. The zero-order valence-corrected chi connectivity index (χ0v) is 21.7. The van der Waals surface area contributed by atoms with Gasteiger partial charge in [0.05, 0.1) is 6.04 Å². The molecule has 1 saturated carbocycles. The van der Waals surface area contributed by atoms with E-state index in [1.165, 1.54) is 59.1 Å². The second kappa shape index (κ2) is 9.89. The van der Waals surface area contributed by atoms with Gasteiger partial charge >= 0.3 is 6.03 Å². The largest absolute Gasteiger partial charge is 0.322 e. The first-order chi connectivity index (χ1) is 16.9. The van der Waals surface area contributed by atoms with Crippen molar-refractivity contribution in [3.05, 3.63) is 88.0 Å². The Morgan fingerprint density at radius 2 is 1.51 bits per heavy atom. The van der Waals surface area contributed by atoms with Gasteiger partial charge in [0.2, 0.25) is 0 Å². The molecule has 0 saturated heterocycles. The minimum atomic E-state index is 0.0122. The molecule has 5 rings (SSSR count). The molecule has 0 heterocycles. The molecule has 0 spiro atoms. The molecule has 2 aliphatic rings. The quantitative estimate of drug-likeness (QED) is 0.300. The highest BCUT2D eigenvalue weighted by atomic mass is 16.2. The van der Waals surface area contributed by atoms with Crippen LogP contribution in [0.2, 0.25) is 0 Å². The third-order valence-corrected chi connectivity index (χ3v) is 8.08. The number of benzene rings is 3. The molecule has 1 N–H and O–H groups in total. The topological polar surface area (TPSA) is 32.3 Å². The van der Waals surface area contributed by atoms with E-state index in [0.29, 0.717) is 0 Å². The molecule has 0 aromatic heterocycles. The monoisotopic (exact) mass is 466 g/mol. The van der Waals surface area contributed by atoms with E-state index in [4.69, 9.17) is 0 Å². The highest BCUT2D eigenvalue weighted by Crippen LogP contribution is 2.39. The van der Waals surface area contributed by atoms with Gasteiger partial charge in [-0.25, -0.2) is 4.79 Å². The molecule has 182 valence electrons. The summed E-state index contributed by atoms with van der Waals surface area (Å²) in [6.07, 6.45) is 8.08. The number of aryl methyl sites for hydroxylation is 3. The van der Waals surface area contributed by atoms with Gasteiger partial charge in [-0.15, -0.1) is 0 Å². The van der Waals surface area contributed by atoms with Crippen LogP contribution in [0.15, 0.2) is 54.6 Å². The molecular weight excluding hydrogens is 428 g/mol. The summed E-state index contributed by atoms with van der Waals surface area (Å²) in [5.41, 5.74) is 11.1. The lowest BCUT2D eigenvalue weighted by Gasteiger charge is -2.37. The van der Waals surface area contributed by atoms with Crippen LogP contribution in [0.1, 0.15) is 84.9 Å². The first-order valence-electron chi connectivity index (χ1n) is 13.3. The first-order valence-corrected chi connectivity index (χ1v) is 13.3. The van der Waals surface area contributed by atoms with Crippen molar-refractivity contribution >= 4 is 11.7 Å². The van der Waals surface area contributed by atoms with E-state index in [0.717, 1.165) is 36.1 Å². The number of nitrogens with one attached hydrogen (secondary N) is 1. The number of hydrogen-bond donors (Lipinski definition) is 1. The van der Waals surface area contributed by atoms with E-state index in [-0.39, 0.29) is 18.1 Å². The van der Waals surface area contributed by atoms with Crippen LogP contribution in [-0.2, 0) is 6.42 Å². The van der Waals surface area contributed by atoms with E-state index >= 15 is 0 Å². The van der Waals surface area contributed by atoms with Crippen LogP contribution in [0, 0.1) is 20.8 Å². The number of rotatable bonds is 4. The molecule has 1 fully saturated rings. The Balaban J connectivity index is 1.46. The van der Waals surface area contributed by atoms with Crippen molar-refractivity contribution in [1.82, 2.24) is 4.90 Å². The second-order valence-electron chi connectivity index (χ2n) is 10.7. The van der Waals surface area contributed by atoms with Crippen molar-refractivity contribution in [1.29, 1.82) is 0 Å². The van der Waals surface area contributed by atoms with E-state index < -0.39 is 0 Å². The van der Waals surface area contributed by atoms with Crippen molar-refractivity contribution in [2.45, 2.75) is 84.7 Å². The molecule has 3 aromatic carbocycles. The zero-order valence-electron chi connectivity index (χ0n) is 21.7. The highest BCUT2D eigenvalue weighted by molar-refractivity contribution is 5.91. The summed E-state index contributed by atoms with van der Waals surface area (Å²) in [5, 5.41) is 3.33. The smallest absolute Gasteiger partial charge is 0.315 e. The number of urea groups is 1. The summed E-state index contributed by atoms with van der Waals surface area (Å²) < 4.78 is 0. The normalized spacial score (nSPS) is 16.2. The van der Waals surface area contributed by atoms with Crippen molar-refractivity contribution in [2.75, 3.05) is 5.32 Å². The minimum Gasteiger partial charge on any atom is -0.315 e. The summed E-state index contributed by atoms with van der Waals surface area (Å²) in [6.45, 7) is 8.50. The minimum absolute atomic E-state index is 0.0122. The molecule has 3 aromatic rings. The van der Waals surface area contributed by atoms with Gasteiger partial charge in [0.15, 0.2) is 0 Å². The summed E-state index contributed by atoms with van der Waals surface area (Å²) >= 11 is 0. The molecule has 1 unspecified atom stereocenters. The maximum Gasteiger partial charge on any atom is 0.322 e. The van der Waals surface area contributed by atoms with Crippen LogP contribution >= 0.6 is 0 Å². The Morgan fingerprint density at radius 1 is 0.857 bits per heavy atom. The van der Waals surface area contributed by atoms with Crippen LogP contribution in [0.3, 0.4) is 0 Å². The fourth-order valence-electron chi connectivity index (χ4n) is 6.33. The van der Waals surface area contributed by atoms with Crippen LogP contribution < -0.4 is 5.32 Å². The maximum absolute atomic E-state index is 14.0. The molecule has 0 radical (unpaired) electrons. The number of nitrogens with zero attached hydrogens (tertiary/aromatic N) is 1. The molecule has 2 aliphatic carbocycles. The summed E-state index contributed by atoms with van der Waals surface area (Å²) in [6, 6.07) is 20.2. The lowest BCUT2D eigenvalue weighted by molar-refractivity contribution is 0.152. The van der Waals surface area contributed by atoms with E-state index in [9.17, 15) is 4.79 Å². The van der Waals surface area contributed by atoms with Gasteiger partial charge in [0, 0.05) is 11.7 Å². The fraction of sp³-hybridized carbons (Fsp3) is 0.406.